The molecule has 100 valence electrons. The van der Waals surface area contributed by atoms with Crippen LogP contribution in [-0.2, 0) is 4.74 Å². The summed E-state index contributed by atoms with van der Waals surface area (Å²) in [6.07, 6.45) is 0.847. The van der Waals surface area contributed by atoms with Gasteiger partial charge in [-0.3, -0.25) is 4.90 Å². The predicted octanol–water partition coefficient (Wildman–Crippen LogP) is 2.40. The Morgan fingerprint density at radius 2 is 2.17 bits per heavy atom. The molecule has 2 atom stereocenters. The van der Waals surface area contributed by atoms with Crippen LogP contribution in [0.5, 0.6) is 5.75 Å². The fourth-order valence-corrected chi connectivity index (χ4v) is 2.66. The van der Waals surface area contributed by atoms with E-state index in [0.29, 0.717) is 13.2 Å². The van der Waals surface area contributed by atoms with Gasteiger partial charge in [0, 0.05) is 18.2 Å². The van der Waals surface area contributed by atoms with E-state index in [0.717, 1.165) is 24.3 Å². The molecule has 0 saturated carbocycles. The third-order valence-electron chi connectivity index (χ3n) is 3.61. The van der Waals surface area contributed by atoms with E-state index in [2.05, 4.69) is 11.9 Å². The minimum Gasteiger partial charge on any atom is -0.493 e. The molecule has 0 spiro atoms. The van der Waals surface area contributed by atoms with Crippen molar-refractivity contribution in [3.05, 3.63) is 29.6 Å². The van der Waals surface area contributed by atoms with Crippen LogP contribution in [0, 0.1) is 5.82 Å². The third kappa shape index (κ3) is 2.32. The standard InChI is InChI=1S/C13H16FNO2.ClH/c1-15-5-7-17-13-10-8-9(14)2-3-12(10)16-6-4-11(13)15;/h2-3,8,11,13H,4-7H2,1H3;1H. The Morgan fingerprint density at radius 1 is 1.33 bits per heavy atom. The van der Waals surface area contributed by atoms with Crippen molar-refractivity contribution < 1.29 is 13.9 Å². The lowest BCUT2D eigenvalue weighted by Gasteiger charge is -2.38. The Balaban J connectivity index is 0.00000120. The van der Waals surface area contributed by atoms with Gasteiger partial charge in [-0.05, 0) is 31.7 Å². The van der Waals surface area contributed by atoms with Crippen molar-refractivity contribution in [1.29, 1.82) is 0 Å². The summed E-state index contributed by atoms with van der Waals surface area (Å²) in [6, 6.07) is 4.96. The molecular weight excluding hydrogens is 257 g/mol. The highest BCUT2D eigenvalue weighted by Crippen LogP contribution is 2.38. The maximum Gasteiger partial charge on any atom is 0.125 e. The van der Waals surface area contributed by atoms with Gasteiger partial charge < -0.3 is 9.47 Å². The van der Waals surface area contributed by atoms with Crippen molar-refractivity contribution in [2.45, 2.75) is 18.6 Å². The van der Waals surface area contributed by atoms with Crippen molar-refractivity contribution in [2.75, 3.05) is 26.8 Å². The normalized spacial score (nSPS) is 27.2. The number of morpholine rings is 1. The maximum absolute atomic E-state index is 13.4. The molecular formula is C13H17ClFNO2. The number of hydrogen-bond acceptors (Lipinski definition) is 3. The second-order valence-electron chi connectivity index (χ2n) is 4.66. The summed E-state index contributed by atoms with van der Waals surface area (Å²) in [4.78, 5) is 2.28. The van der Waals surface area contributed by atoms with E-state index in [4.69, 9.17) is 9.47 Å². The fourth-order valence-electron chi connectivity index (χ4n) is 2.66. The Morgan fingerprint density at radius 3 is 3.00 bits per heavy atom. The van der Waals surface area contributed by atoms with E-state index in [1.165, 1.54) is 12.1 Å². The zero-order chi connectivity index (χ0) is 11.8. The molecule has 2 aliphatic heterocycles. The van der Waals surface area contributed by atoms with E-state index in [1.54, 1.807) is 6.07 Å². The summed E-state index contributed by atoms with van der Waals surface area (Å²) in [5.74, 6) is 0.527. The largest absolute Gasteiger partial charge is 0.493 e. The molecule has 1 fully saturated rings. The van der Waals surface area contributed by atoms with E-state index < -0.39 is 0 Å². The molecule has 1 aromatic carbocycles. The predicted molar refractivity (Wildman–Crippen MR) is 68.9 cm³/mol. The molecule has 2 unspecified atom stereocenters. The molecule has 1 saturated heterocycles. The lowest BCUT2D eigenvalue weighted by atomic mass is 9.97. The molecule has 0 aliphatic carbocycles. The van der Waals surface area contributed by atoms with E-state index in [1.807, 2.05) is 0 Å². The molecule has 5 heteroatoms. The zero-order valence-corrected chi connectivity index (χ0v) is 11.1. The summed E-state index contributed by atoms with van der Waals surface area (Å²) in [7, 11) is 2.09. The average molecular weight is 274 g/mol. The monoisotopic (exact) mass is 273 g/mol. The van der Waals surface area contributed by atoms with Crippen LogP contribution in [0.1, 0.15) is 18.1 Å². The van der Waals surface area contributed by atoms with E-state index in [9.17, 15) is 4.39 Å². The quantitative estimate of drug-likeness (QED) is 0.725. The highest BCUT2D eigenvalue weighted by molar-refractivity contribution is 5.85. The molecule has 18 heavy (non-hydrogen) atoms. The molecule has 0 bridgehead atoms. The lowest BCUT2D eigenvalue weighted by Crippen LogP contribution is -2.44. The first-order valence-corrected chi connectivity index (χ1v) is 6.00. The molecule has 0 N–H and O–H groups in total. The van der Waals surface area contributed by atoms with Crippen LogP contribution in [0.25, 0.3) is 0 Å². The van der Waals surface area contributed by atoms with Gasteiger partial charge in [-0.1, -0.05) is 0 Å². The Labute approximate surface area is 112 Å². The highest BCUT2D eigenvalue weighted by atomic mass is 35.5. The van der Waals surface area contributed by atoms with Crippen molar-refractivity contribution in [1.82, 2.24) is 4.90 Å². The van der Waals surface area contributed by atoms with Gasteiger partial charge in [-0.2, -0.15) is 0 Å². The van der Waals surface area contributed by atoms with Gasteiger partial charge in [0.25, 0.3) is 0 Å². The van der Waals surface area contributed by atoms with Crippen LogP contribution < -0.4 is 4.74 Å². The van der Waals surface area contributed by atoms with Crippen LogP contribution >= 0.6 is 12.4 Å². The van der Waals surface area contributed by atoms with Gasteiger partial charge >= 0.3 is 0 Å². The Kier molecular flexibility index (Phi) is 4.10. The molecule has 0 radical (unpaired) electrons. The van der Waals surface area contributed by atoms with Crippen LogP contribution in [0.3, 0.4) is 0 Å². The molecule has 0 aromatic heterocycles. The molecule has 0 amide bonds. The van der Waals surface area contributed by atoms with Crippen LogP contribution in [0.2, 0.25) is 0 Å². The van der Waals surface area contributed by atoms with Crippen LogP contribution in [-0.4, -0.2) is 37.7 Å². The van der Waals surface area contributed by atoms with E-state index in [-0.39, 0.29) is 30.4 Å². The number of hydrogen-bond donors (Lipinski definition) is 0. The summed E-state index contributed by atoms with van der Waals surface area (Å²) >= 11 is 0. The van der Waals surface area contributed by atoms with Gasteiger partial charge in [0.15, 0.2) is 0 Å². The molecule has 3 nitrogen and oxygen atoms in total. The van der Waals surface area contributed by atoms with Gasteiger partial charge in [-0.25, -0.2) is 4.39 Å². The number of benzene rings is 1. The molecule has 2 aliphatic rings. The van der Waals surface area contributed by atoms with Crippen molar-refractivity contribution in [3.8, 4) is 5.75 Å². The van der Waals surface area contributed by atoms with Gasteiger partial charge in [0.2, 0.25) is 0 Å². The summed E-state index contributed by atoms with van der Waals surface area (Å²) in [6.45, 7) is 2.27. The number of halogens is 2. The van der Waals surface area contributed by atoms with Gasteiger partial charge in [-0.15, -0.1) is 12.4 Å². The number of nitrogens with zero attached hydrogens (tertiary/aromatic N) is 1. The molecule has 2 heterocycles. The van der Waals surface area contributed by atoms with Crippen molar-refractivity contribution in [3.63, 3.8) is 0 Å². The first-order valence-electron chi connectivity index (χ1n) is 6.00. The summed E-state index contributed by atoms with van der Waals surface area (Å²) in [5, 5.41) is 0. The van der Waals surface area contributed by atoms with Gasteiger partial charge in [0.1, 0.15) is 17.7 Å². The van der Waals surface area contributed by atoms with Crippen LogP contribution in [0.4, 0.5) is 4.39 Å². The zero-order valence-electron chi connectivity index (χ0n) is 10.3. The second-order valence-corrected chi connectivity index (χ2v) is 4.66. The molecule has 1 aromatic rings. The topological polar surface area (TPSA) is 21.7 Å². The molecule has 3 rings (SSSR count). The minimum atomic E-state index is -0.232. The third-order valence-corrected chi connectivity index (χ3v) is 3.61. The van der Waals surface area contributed by atoms with E-state index >= 15 is 0 Å². The summed E-state index contributed by atoms with van der Waals surface area (Å²) in [5.41, 5.74) is 0.846. The van der Waals surface area contributed by atoms with Crippen LogP contribution in [0.15, 0.2) is 18.2 Å². The Hall–Kier alpha value is -0.840. The Bertz CT molecular complexity index is 429. The van der Waals surface area contributed by atoms with Gasteiger partial charge in [0.05, 0.1) is 13.2 Å². The smallest absolute Gasteiger partial charge is 0.125 e. The highest BCUT2D eigenvalue weighted by Gasteiger charge is 2.35. The average Bonchev–Trinajstić information content (AvgIpc) is 2.50. The number of likely N-dealkylation sites (N-methyl/N-ethyl adjacent to an activating group) is 1. The van der Waals surface area contributed by atoms with Crippen molar-refractivity contribution in [2.24, 2.45) is 0 Å². The fraction of sp³-hybridized carbons (Fsp3) is 0.538. The SMILES string of the molecule is CN1CCOC2c3cc(F)ccc3OCCC21.Cl. The second kappa shape index (κ2) is 5.43. The number of rotatable bonds is 0. The lowest BCUT2D eigenvalue weighted by molar-refractivity contribution is -0.0645. The maximum atomic E-state index is 13.4. The first-order chi connectivity index (χ1) is 8.25. The first kappa shape index (κ1) is 13.6. The minimum absolute atomic E-state index is 0. The summed E-state index contributed by atoms with van der Waals surface area (Å²) < 4.78 is 24.9. The number of fused-ring (bicyclic) bond motifs is 3. The van der Waals surface area contributed by atoms with Crippen molar-refractivity contribution >= 4 is 12.4 Å². The number of ether oxygens (including phenoxy) is 2.